The second kappa shape index (κ2) is 10.5. The Morgan fingerprint density at radius 2 is 1.74 bits per heavy atom. The molecule has 0 saturated carbocycles. The Hall–Kier alpha value is -4.21. The van der Waals surface area contributed by atoms with E-state index in [1.807, 2.05) is 18.2 Å². The molecule has 2 aromatic heterocycles. The lowest BCUT2D eigenvalue weighted by Gasteiger charge is -2.09. The maximum atomic E-state index is 13.2. The number of aryl methyl sites for hydroxylation is 1. The number of fused-ring (bicyclic) bond motifs is 1. The Morgan fingerprint density at radius 1 is 1.00 bits per heavy atom. The van der Waals surface area contributed by atoms with E-state index in [9.17, 15) is 18.0 Å². The topological polar surface area (TPSA) is 72.2 Å². The van der Waals surface area contributed by atoms with Gasteiger partial charge >= 0.3 is 6.18 Å². The lowest BCUT2D eigenvalue weighted by atomic mass is 10.0. The van der Waals surface area contributed by atoms with Crippen LogP contribution in [0, 0.1) is 6.92 Å². The molecular formula is C28H18Cl2F3N5O. The zero-order valence-electron chi connectivity index (χ0n) is 20.2. The number of hydrazone groups is 1. The quantitative estimate of drug-likeness (QED) is 0.177. The molecule has 0 spiro atoms. The molecule has 196 valence electrons. The van der Waals surface area contributed by atoms with Gasteiger partial charge in [0.1, 0.15) is 5.15 Å². The van der Waals surface area contributed by atoms with E-state index in [-0.39, 0.29) is 10.8 Å². The van der Waals surface area contributed by atoms with Gasteiger partial charge in [-0.05, 0) is 49.4 Å². The highest BCUT2D eigenvalue weighted by Crippen LogP contribution is 2.31. The maximum absolute atomic E-state index is 13.2. The van der Waals surface area contributed by atoms with Crippen LogP contribution in [0.25, 0.3) is 27.8 Å². The van der Waals surface area contributed by atoms with Crippen LogP contribution in [0.5, 0.6) is 0 Å². The molecule has 0 radical (unpaired) electrons. The number of aromatic nitrogens is 3. The predicted octanol–water partition coefficient (Wildman–Crippen LogP) is 7.49. The van der Waals surface area contributed by atoms with Crippen molar-refractivity contribution in [3.05, 3.63) is 111 Å². The SMILES string of the molecule is Cc1nn(-c2cccc(C(F)(F)F)c2)c(Cl)c1C=NNC(=O)c1cc(-c2ccc(Cl)cc2)nc2ccccc12. The first-order valence-corrected chi connectivity index (χ1v) is 12.3. The summed E-state index contributed by atoms with van der Waals surface area (Å²) in [5.74, 6) is -0.487. The monoisotopic (exact) mass is 567 g/mol. The van der Waals surface area contributed by atoms with Crippen LogP contribution in [0.2, 0.25) is 10.2 Å². The highest BCUT2D eigenvalue weighted by atomic mass is 35.5. The Kier molecular flexibility index (Phi) is 7.12. The fourth-order valence-corrected chi connectivity index (χ4v) is 4.44. The van der Waals surface area contributed by atoms with Crippen molar-refractivity contribution >= 4 is 46.2 Å². The van der Waals surface area contributed by atoms with Crippen molar-refractivity contribution in [2.75, 3.05) is 0 Å². The zero-order valence-corrected chi connectivity index (χ0v) is 21.7. The van der Waals surface area contributed by atoms with Crippen LogP contribution < -0.4 is 5.43 Å². The molecule has 3 aromatic carbocycles. The first kappa shape index (κ1) is 26.4. The van der Waals surface area contributed by atoms with Gasteiger partial charge in [0.15, 0.2) is 0 Å². The minimum Gasteiger partial charge on any atom is -0.267 e. The van der Waals surface area contributed by atoms with Crippen LogP contribution in [0.15, 0.2) is 84.0 Å². The van der Waals surface area contributed by atoms with Crippen molar-refractivity contribution in [2.24, 2.45) is 5.10 Å². The highest BCUT2D eigenvalue weighted by molar-refractivity contribution is 6.32. The Bertz CT molecular complexity index is 1730. The normalized spacial score (nSPS) is 11.8. The third kappa shape index (κ3) is 5.50. The molecule has 0 aliphatic rings. The van der Waals surface area contributed by atoms with Crippen molar-refractivity contribution < 1.29 is 18.0 Å². The summed E-state index contributed by atoms with van der Waals surface area (Å²) in [6, 6.07) is 20.6. The number of amides is 1. The number of pyridine rings is 1. The molecule has 0 atom stereocenters. The van der Waals surface area contributed by atoms with Crippen molar-refractivity contribution in [1.29, 1.82) is 0 Å². The van der Waals surface area contributed by atoms with Gasteiger partial charge in [0.05, 0.1) is 45.5 Å². The van der Waals surface area contributed by atoms with E-state index in [4.69, 9.17) is 23.2 Å². The predicted molar refractivity (Wildman–Crippen MR) is 146 cm³/mol. The lowest BCUT2D eigenvalue weighted by Crippen LogP contribution is -2.18. The molecule has 0 saturated heterocycles. The Morgan fingerprint density at radius 3 is 2.49 bits per heavy atom. The first-order chi connectivity index (χ1) is 18.6. The summed E-state index contributed by atoms with van der Waals surface area (Å²) in [5, 5.41) is 9.55. The molecule has 11 heteroatoms. The molecule has 5 rings (SSSR count). The number of carbonyl (C=O) groups excluding carboxylic acids is 1. The maximum Gasteiger partial charge on any atom is 0.416 e. The van der Waals surface area contributed by atoms with Crippen LogP contribution in [0.4, 0.5) is 13.2 Å². The molecule has 2 heterocycles. The number of carbonyl (C=O) groups is 1. The fourth-order valence-electron chi connectivity index (χ4n) is 3.99. The smallest absolute Gasteiger partial charge is 0.267 e. The summed E-state index contributed by atoms with van der Waals surface area (Å²) < 4.78 is 40.6. The van der Waals surface area contributed by atoms with Gasteiger partial charge in [-0.3, -0.25) is 4.79 Å². The van der Waals surface area contributed by atoms with Gasteiger partial charge in [-0.1, -0.05) is 59.6 Å². The van der Waals surface area contributed by atoms with Crippen LogP contribution >= 0.6 is 23.2 Å². The summed E-state index contributed by atoms with van der Waals surface area (Å²) in [4.78, 5) is 17.8. The average molecular weight is 568 g/mol. The number of nitrogens with zero attached hydrogens (tertiary/aromatic N) is 4. The van der Waals surface area contributed by atoms with E-state index in [2.05, 4.69) is 20.6 Å². The molecule has 0 fully saturated rings. The largest absolute Gasteiger partial charge is 0.416 e. The van der Waals surface area contributed by atoms with Gasteiger partial charge in [0.2, 0.25) is 0 Å². The van der Waals surface area contributed by atoms with Gasteiger partial charge in [-0.2, -0.15) is 23.4 Å². The summed E-state index contributed by atoms with van der Waals surface area (Å²) >= 11 is 12.4. The number of rotatable bonds is 5. The fraction of sp³-hybridized carbons (Fsp3) is 0.0714. The van der Waals surface area contributed by atoms with Crippen LogP contribution in [-0.4, -0.2) is 26.9 Å². The van der Waals surface area contributed by atoms with Crippen molar-refractivity contribution in [2.45, 2.75) is 13.1 Å². The van der Waals surface area contributed by atoms with Crippen molar-refractivity contribution in [3.63, 3.8) is 0 Å². The third-order valence-electron chi connectivity index (χ3n) is 5.93. The highest BCUT2D eigenvalue weighted by Gasteiger charge is 2.31. The molecular weight excluding hydrogens is 550 g/mol. The van der Waals surface area contributed by atoms with Gasteiger partial charge < -0.3 is 0 Å². The number of hydrogen-bond donors (Lipinski definition) is 1. The van der Waals surface area contributed by atoms with E-state index in [1.54, 1.807) is 43.3 Å². The number of alkyl halides is 3. The van der Waals surface area contributed by atoms with Gasteiger partial charge in [-0.15, -0.1) is 0 Å². The van der Waals surface area contributed by atoms with E-state index in [0.29, 0.717) is 38.4 Å². The molecule has 39 heavy (non-hydrogen) atoms. The molecule has 0 unspecified atom stereocenters. The zero-order chi connectivity index (χ0) is 27.7. The molecule has 1 N–H and O–H groups in total. The van der Waals surface area contributed by atoms with Gasteiger partial charge in [-0.25, -0.2) is 15.1 Å². The van der Waals surface area contributed by atoms with Crippen molar-refractivity contribution in [1.82, 2.24) is 20.2 Å². The Balaban J connectivity index is 1.43. The molecule has 0 aliphatic heterocycles. The lowest BCUT2D eigenvalue weighted by molar-refractivity contribution is -0.137. The summed E-state index contributed by atoms with van der Waals surface area (Å²) in [7, 11) is 0. The summed E-state index contributed by atoms with van der Waals surface area (Å²) in [6.45, 7) is 1.63. The summed E-state index contributed by atoms with van der Waals surface area (Å²) in [5.41, 5.74) is 4.91. The van der Waals surface area contributed by atoms with E-state index in [1.165, 1.54) is 23.0 Å². The van der Waals surface area contributed by atoms with Crippen LogP contribution in [0.1, 0.15) is 27.2 Å². The number of nitrogens with one attached hydrogen (secondary N) is 1. The molecule has 1 amide bonds. The van der Waals surface area contributed by atoms with E-state index < -0.39 is 17.6 Å². The van der Waals surface area contributed by atoms with Crippen LogP contribution in [0.3, 0.4) is 0 Å². The standard InChI is InChI=1S/C28H18Cl2F3N5O/c1-16-23(26(30)38(37-16)20-6-4-5-18(13-20)28(31,32)33)15-34-36-27(39)22-14-25(17-9-11-19(29)12-10-17)35-24-8-3-2-7-21(22)24/h2-15H,1H3,(H,36,39). The minimum absolute atomic E-state index is 0.0456. The van der Waals surface area contributed by atoms with Gasteiger partial charge in [0.25, 0.3) is 5.91 Å². The number of benzene rings is 3. The van der Waals surface area contributed by atoms with E-state index >= 15 is 0 Å². The second-order valence-corrected chi connectivity index (χ2v) is 9.32. The minimum atomic E-state index is -4.51. The molecule has 5 aromatic rings. The average Bonchev–Trinajstić information content (AvgIpc) is 3.21. The van der Waals surface area contributed by atoms with Crippen LogP contribution in [-0.2, 0) is 6.18 Å². The van der Waals surface area contributed by atoms with Crippen molar-refractivity contribution in [3.8, 4) is 16.9 Å². The number of hydrogen-bond acceptors (Lipinski definition) is 4. The molecule has 0 aliphatic carbocycles. The van der Waals surface area contributed by atoms with Gasteiger partial charge in [0, 0.05) is 16.0 Å². The molecule has 0 bridgehead atoms. The Labute approximate surface area is 230 Å². The second-order valence-electron chi connectivity index (χ2n) is 8.53. The third-order valence-corrected chi connectivity index (χ3v) is 6.54. The van der Waals surface area contributed by atoms with E-state index in [0.717, 1.165) is 17.7 Å². The summed E-state index contributed by atoms with van der Waals surface area (Å²) in [6.07, 6.45) is -3.21. The number of para-hydroxylation sites is 1. The number of halogens is 5. The molecule has 6 nitrogen and oxygen atoms in total. The first-order valence-electron chi connectivity index (χ1n) is 11.5.